The molecule has 0 spiro atoms. The number of nitrogens with zero attached hydrogens (tertiary/aromatic N) is 1. The molecule has 0 bridgehead atoms. The quantitative estimate of drug-likeness (QED) is 0.575. The minimum absolute atomic E-state index is 0.289. The number of hydrogen-bond donors (Lipinski definition) is 1. The molecule has 0 aliphatic heterocycles. The van der Waals surface area contributed by atoms with Crippen molar-refractivity contribution in [1.29, 1.82) is 0 Å². The maximum Gasteiger partial charge on any atom is 0.247 e. The summed E-state index contributed by atoms with van der Waals surface area (Å²) in [6, 6.07) is 7.41. The number of hydroxylamine groups is 2. The van der Waals surface area contributed by atoms with Crippen LogP contribution in [0.15, 0.2) is 30.8 Å². The predicted molar refractivity (Wildman–Crippen MR) is 54.5 cm³/mol. The second kappa shape index (κ2) is 4.07. The van der Waals surface area contributed by atoms with E-state index >= 15 is 0 Å². The van der Waals surface area contributed by atoms with Crippen molar-refractivity contribution >= 4 is 11.6 Å². The molecule has 3 nitrogen and oxygen atoms in total. The third-order valence-electron chi connectivity index (χ3n) is 1.94. The Balaban J connectivity index is 2.90. The second-order valence-corrected chi connectivity index (χ2v) is 3.14. The largest absolute Gasteiger partial charge is 0.281 e. The maximum absolute atomic E-state index is 10.8. The highest BCUT2D eigenvalue weighted by molar-refractivity contribution is 5.82. The van der Waals surface area contributed by atoms with Crippen molar-refractivity contribution in [2.75, 3.05) is 0 Å². The molecule has 1 amide bonds. The van der Waals surface area contributed by atoms with Gasteiger partial charge >= 0.3 is 0 Å². The van der Waals surface area contributed by atoms with Gasteiger partial charge in [0.15, 0.2) is 0 Å². The predicted octanol–water partition coefficient (Wildman–Crippen LogP) is 2.20. The highest BCUT2D eigenvalue weighted by Crippen LogP contribution is 2.15. The second-order valence-electron chi connectivity index (χ2n) is 3.14. The van der Waals surface area contributed by atoms with Crippen molar-refractivity contribution in [2.24, 2.45) is 0 Å². The summed E-state index contributed by atoms with van der Waals surface area (Å²) in [6.07, 6.45) is 0. The molecule has 1 aromatic rings. The van der Waals surface area contributed by atoms with Crippen molar-refractivity contribution in [2.45, 2.75) is 13.8 Å². The van der Waals surface area contributed by atoms with E-state index in [0.717, 1.165) is 11.1 Å². The average Bonchev–Trinajstić information content (AvgIpc) is 2.16. The molecule has 74 valence electrons. The minimum Gasteiger partial charge on any atom is -0.281 e. The lowest BCUT2D eigenvalue weighted by molar-refractivity contribution is -0.148. The molecule has 14 heavy (non-hydrogen) atoms. The summed E-state index contributed by atoms with van der Waals surface area (Å²) in [5.41, 5.74) is 2.14. The molecule has 0 aromatic heterocycles. The maximum atomic E-state index is 10.8. The Morgan fingerprint density at radius 3 is 2.29 bits per heavy atom. The van der Waals surface area contributed by atoms with E-state index in [0.29, 0.717) is 5.06 Å². The number of carbonyl (C=O) groups excluding carboxylic acids is 1. The van der Waals surface area contributed by atoms with Crippen molar-refractivity contribution in [1.82, 2.24) is 5.06 Å². The van der Waals surface area contributed by atoms with Gasteiger partial charge in [0.05, 0.1) is 5.70 Å². The van der Waals surface area contributed by atoms with Gasteiger partial charge in [-0.2, -0.15) is 5.06 Å². The van der Waals surface area contributed by atoms with Crippen LogP contribution in [0.3, 0.4) is 0 Å². The highest BCUT2D eigenvalue weighted by Gasteiger charge is 2.10. The van der Waals surface area contributed by atoms with E-state index in [4.69, 9.17) is 0 Å². The van der Waals surface area contributed by atoms with Crippen LogP contribution in [-0.4, -0.2) is 16.2 Å². The van der Waals surface area contributed by atoms with Gasteiger partial charge in [-0.05, 0) is 6.92 Å². The number of amides is 1. The lowest BCUT2D eigenvalue weighted by Gasteiger charge is -2.15. The summed E-state index contributed by atoms with van der Waals surface area (Å²) in [4.78, 5) is 10.8. The van der Waals surface area contributed by atoms with Crippen LogP contribution in [-0.2, 0) is 4.79 Å². The summed E-state index contributed by atoms with van der Waals surface area (Å²) in [5.74, 6) is -0.449. The molecule has 0 aliphatic carbocycles. The number of aryl methyl sites for hydroxylation is 1. The first kappa shape index (κ1) is 10.5. The third kappa shape index (κ3) is 2.20. The van der Waals surface area contributed by atoms with E-state index in [-0.39, 0.29) is 5.70 Å². The molecule has 1 N–H and O–H groups in total. The first-order valence-electron chi connectivity index (χ1n) is 4.28. The van der Waals surface area contributed by atoms with Crippen LogP contribution in [0.25, 0.3) is 5.70 Å². The number of rotatable bonds is 2. The average molecular weight is 191 g/mol. The summed E-state index contributed by atoms with van der Waals surface area (Å²) in [6.45, 7) is 6.87. The Kier molecular flexibility index (Phi) is 3.04. The summed E-state index contributed by atoms with van der Waals surface area (Å²) >= 11 is 0. The molecular formula is C11H13NO2. The van der Waals surface area contributed by atoms with Gasteiger partial charge in [-0.25, -0.2) is 0 Å². The normalized spacial score (nSPS) is 9.64. The zero-order valence-corrected chi connectivity index (χ0v) is 8.32. The molecular weight excluding hydrogens is 178 g/mol. The number of hydrogen-bond acceptors (Lipinski definition) is 2. The zero-order valence-electron chi connectivity index (χ0n) is 8.32. The Morgan fingerprint density at radius 1 is 1.36 bits per heavy atom. The Hall–Kier alpha value is -1.61. The van der Waals surface area contributed by atoms with Crippen LogP contribution in [0.5, 0.6) is 0 Å². The van der Waals surface area contributed by atoms with E-state index < -0.39 is 5.91 Å². The Bertz CT molecular complexity index is 354. The molecule has 0 atom stereocenters. The zero-order chi connectivity index (χ0) is 10.7. The molecule has 3 heteroatoms. The molecule has 0 radical (unpaired) electrons. The van der Waals surface area contributed by atoms with Crippen LogP contribution >= 0.6 is 0 Å². The van der Waals surface area contributed by atoms with Crippen LogP contribution in [0.1, 0.15) is 18.1 Å². The van der Waals surface area contributed by atoms with E-state index in [2.05, 4.69) is 6.58 Å². The van der Waals surface area contributed by atoms with Gasteiger partial charge in [0, 0.05) is 12.5 Å². The SMILES string of the molecule is C=C(c1ccc(C)cc1)N(O)C(C)=O. The lowest BCUT2D eigenvalue weighted by Crippen LogP contribution is -2.22. The van der Waals surface area contributed by atoms with E-state index in [1.165, 1.54) is 6.92 Å². The fourth-order valence-electron chi connectivity index (χ4n) is 1.06. The lowest BCUT2D eigenvalue weighted by atomic mass is 10.1. The van der Waals surface area contributed by atoms with Crippen LogP contribution in [0.2, 0.25) is 0 Å². The summed E-state index contributed by atoms with van der Waals surface area (Å²) in [5, 5.41) is 9.85. The van der Waals surface area contributed by atoms with Crippen LogP contribution in [0.4, 0.5) is 0 Å². The third-order valence-corrected chi connectivity index (χ3v) is 1.94. The number of carbonyl (C=O) groups is 1. The molecule has 0 saturated carbocycles. The van der Waals surface area contributed by atoms with Gasteiger partial charge in [0.2, 0.25) is 5.91 Å². The molecule has 1 aromatic carbocycles. The molecule has 0 saturated heterocycles. The fraction of sp³-hybridized carbons (Fsp3) is 0.182. The molecule has 0 unspecified atom stereocenters. The monoisotopic (exact) mass is 191 g/mol. The Morgan fingerprint density at radius 2 is 1.86 bits per heavy atom. The van der Waals surface area contributed by atoms with Gasteiger partial charge in [-0.1, -0.05) is 36.4 Å². The number of benzene rings is 1. The van der Waals surface area contributed by atoms with Crippen molar-refractivity contribution < 1.29 is 10.0 Å². The molecule has 0 aliphatic rings. The molecule has 0 fully saturated rings. The van der Waals surface area contributed by atoms with Gasteiger partial charge < -0.3 is 0 Å². The van der Waals surface area contributed by atoms with Crippen molar-refractivity contribution in [3.8, 4) is 0 Å². The van der Waals surface area contributed by atoms with E-state index in [1.807, 2.05) is 31.2 Å². The minimum atomic E-state index is -0.449. The molecule has 1 rings (SSSR count). The van der Waals surface area contributed by atoms with E-state index in [1.54, 1.807) is 0 Å². The summed E-state index contributed by atoms with van der Waals surface area (Å²) < 4.78 is 0. The van der Waals surface area contributed by atoms with Crippen LogP contribution < -0.4 is 0 Å². The first-order valence-corrected chi connectivity index (χ1v) is 4.28. The molecule has 0 heterocycles. The van der Waals surface area contributed by atoms with Crippen molar-refractivity contribution in [3.05, 3.63) is 42.0 Å². The van der Waals surface area contributed by atoms with Crippen LogP contribution in [0, 0.1) is 6.92 Å². The Labute approximate surface area is 83.2 Å². The standard InChI is InChI=1S/C11H13NO2/c1-8-4-6-11(7-5-8)9(2)12(14)10(3)13/h4-7,14H,2H2,1,3H3. The summed E-state index contributed by atoms with van der Waals surface area (Å²) in [7, 11) is 0. The van der Waals surface area contributed by atoms with Gasteiger partial charge in [0.1, 0.15) is 0 Å². The first-order chi connectivity index (χ1) is 6.52. The van der Waals surface area contributed by atoms with Crippen molar-refractivity contribution in [3.63, 3.8) is 0 Å². The smallest absolute Gasteiger partial charge is 0.247 e. The van der Waals surface area contributed by atoms with Gasteiger partial charge in [-0.15, -0.1) is 0 Å². The van der Waals surface area contributed by atoms with Gasteiger partial charge in [-0.3, -0.25) is 10.0 Å². The fourth-order valence-corrected chi connectivity index (χ4v) is 1.06. The van der Waals surface area contributed by atoms with Gasteiger partial charge in [0.25, 0.3) is 0 Å². The van der Waals surface area contributed by atoms with E-state index in [9.17, 15) is 10.0 Å². The topological polar surface area (TPSA) is 40.5 Å². The highest BCUT2D eigenvalue weighted by atomic mass is 16.5.